The van der Waals surface area contributed by atoms with Gasteiger partial charge >= 0.3 is 0 Å². The molecule has 0 saturated heterocycles. The van der Waals surface area contributed by atoms with E-state index in [-0.39, 0.29) is 5.91 Å². The summed E-state index contributed by atoms with van der Waals surface area (Å²) in [5.41, 5.74) is 1.67. The van der Waals surface area contributed by atoms with Gasteiger partial charge in [0, 0.05) is 22.8 Å². The number of hydrogen-bond acceptors (Lipinski definition) is 3. The third kappa shape index (κ3) is 4.75. The van der Waals surface area contributed by atoms with Gasteiger partial charge in [0.05, 0.1) is 6.26 Å². The van der Waals surface area contributed by atoms with Crippen LogP contribution >= 0.6 is 11.6 Å². The fourth-order valence-electron chi connectivity index (χ4n) is 1.82. The molecular weight excluding hydrogens is 324 g/mol. The molecule has 116 valence electrons. The molecule has 0 heterocycles. The van der Waals surface area contributed by atoms with E-state index in [2.05, 4.69) is 10.0 Å². The molecule has 0 bridgehead atoms. The highest BCUT2D eigenvalue weighted by Crippen LogP contribution is 2.15. The Morgan fingerprint density at radius 2 is 1.73 bits per heavy atom. The number of sulfonamides is 1. The van der Waals surface area contributed by atoms with E-state index < -0.39 is 10.0 Å². The van der Waals surface area contributed by atoms with Crippen LogP contribution in [0.15, 0.2) is 48.5 Å². The smallest absolute Gasteiger partial charge is 0.251 e. The zero-order valence-corrected chi connectivity index (χ0v) is 13.4. The first-order valence-electron chi connectivity index (χ1n) is 6.44. The minimum atomic E-state index is -3.33. The molecule has 0 aromatic heterocycles. The van der Waals surface area contributed by atoms with E-state index in [0.29, 0.717) is 22.8 Å². The van der Waals surface area contributed by atoms with Gasteiger partial charge in [-0.3, -0.25) is 9.52 Å². The number of rotatable bonds is 5. The fraction of sp³-hybridized carbons (Fsp3) is 0.133. The second kappa shape index (κ2) is 6.81. The molecule has 2 aromatic rings. The summed E-state index contributed by atoms with van der Waals surface area (Å²) in [5, 5.41) is 3.35. The standard InChI is InChI=1S/C15H15ClN2O3S/c1-22(20,21)18-13-8-6-11(7-9-13)15(19)17-10-12-4-2-3-5-14(12)16/h2-9,18H,10H2,1H3,(H,17,19). The molecule has 0 atom stereocenters. The van der Waals surface area contributed by atoms with Gasteiger partial charge in [0.1, 0.15) is 0 Å². The molecule has 0 aliphatic carbocycles. The second-order valence-corrected chi connectivity index (χ2v) is 6.88. The van der Waals surface area contributed by atoms with Crippen molar-refractivity contribution in [1.82, 2.24) is 5.32 Å². The highest BCUT2D eigenvalue weighted by atomic mass is 35.5. The predicted octanol–water partition coefficient (Wildman–Crippen LogP) is 2.64. The third-order valence-electron chi connectivity index (χ3n) is 2.85. The first-order chi connectivity index (χ1) is 10.3. The van der Waals surface area contributed by atoms with Crippen LogP contribution in [-0.2, 0) is 16.6 Å². The molecule has 2 N–H and O–H groups in total. The number of benzene rings is 2. The van der Waals surface area contributed by atoms with Gasteiger partial charge in [0.2, 0.25) is 10.0 Å². The number of halogens is 1. The van der Waals surface area contributed by atoms with Gasteiger partial charge < -0.3 is 5.32 Å². The average molecular weight is 339 g/mol. The summed E-state index contributed by atoms with van der Waals surface area (Å²) in [6, 6.07) is 13.4. The number of amides is 1. The Balaban J connectivity index is 2.00. The quantitative estimate of drug-likeness (QED) is 0.880. The van der Waals surface area contributed by atoms with Crippen LogP contribution in [0.1, 0.15) is 15.9 Å². The molecular formula is C15H15ClN2O3S. The van der Waals surface area contributed by atoms with E-state index in [4.69, 9.17) is 11.6 Å². The van der Waals surface area contributed by atoms with Crippen LogP contribution in [0.3, 0.4) is 0 Å². The van der Waals surface area contributed by atoms with Crippen LogP contribution in [0, 0.1) is 0 Å². The van der Waals surface area contributed by atoms with Gasteiger partial charge in [-0.15, -0.1) is 0 Å². The molecule has 0 radical (unpaired) electrons. The van der Waals surface area contributed by atoms with E-state index >= 15 is 0 Å². The zero-order valence-electron chi connectivity index (χ0n) is 11.8. The Kier molecular flexibility index (Phi) is 5.05. The van der Waals surface area contributed by atoms with Crippen molar-refractivity contribution in [3.05, 3.63) is 64.7 Å². The van der Waals surface area contributed by atoms with Gasteiger partial charge in [-0.25, -0.2) is 8.42 Å². The number of nitrogens with one attached hydrogen (secondary N) is 2. The molecule has 5 nitrogen and oxygen atoms in total. The Morgan fingerprint density at radius 1 is 1.09 bits per heavy atom. The maximum atomic E-state index is 12.0. The Bertz CT molecular complexity index is 774. The van der Waals surface area contributed by atoms with Crippen LogP contribution in [0.2, 0.25) is 5.02 Å². The van der Waals surface area contributed by atoms with Gasteiger partial charge in [-0.1, -0.05) is 29.8 Å². The van der Waals surface area contributed by atoms with Crippen molar-refractivity contribution in [2.24, 2.45) is 0 Å². The molecule has 2 aromatic carbocycles. The minimum Gasteiger partial charge on any atom is -0.348 e. The molecule has 0 fully saturated rings. The molecule has 22 heavy (non-hydrogen) atoms. The minimum absolute atomic E-state index is 0.258. The Morgan fingerprint density at radius 3 is 2.32 bits per heavy atom. The summed E-state index contributed by atoms with van der Waals surface area (Å²) in [6.45, 7) is 0.321. The van der Waals surface area contributed by atoms with Gasteiger partial charge in [-0.05, 0) is 35.9 Å². The van der Waals surface area contributed by atoms with E-state index in [1.807, 2.05) is 18.2 Å². The van der Waals surface area contributed by atoms with Gasteiger partial charge in [-0.2, -0.15) is 0 Å². The molecule has 7 heteroatoms. The zero-order chi connectivity index (χ0) is 16.2. The normalized spacial score (nSPS) is 11.0. The highest BCUT2D eigenvalue weighted by molar-refractivity contribution is 7.92. The van der Waals surface area contributed by atoms with E-state index in [1.165, 1.54) is 12.1 Å². The summed E-state index contributed by atoms with van der Waals surface area (Å²) < 4.78 is 24.6. The van der Waals surface area contributed by atoms with Crippen molar-refractivity contribution in [2.75, 3.05) is 11.0 Å². The number of carbonyl (C=O) groups excluding carboxylic acids is 1. The maximum absolute atomic E-state index is 12.0. The van der Waals surface area contributed by atoms with E-state index in [0.717, 1.165) is 11.8 Å². The number of hydrogen-bond donors (Lipinski definition) is 2. The third-order valence-corrected chi connectivity index (χ3v) is 3.82. The number of anilines is 1. The lowest BCUT2D eigenvalue weighted by Gasteiger charge is -2.08. The van der Waals surface area contributed by atoms with E-state index in [9.17, 15) is 13.2 Å². The van der Waals surface area contributed by atoms with Crippen LogP contribution in [0.25, 0.3) is 0 Å². The number of carbonyl (C=O) groups is 1. The monoisotopic (exact) mass is 338 g/mol. The van der Waals surface area contributed by atoms with Crippen LogP contribution in [-0.4, -0.2) is 20.6 Å². The summed E-state index contributed by atoms with van der Waals surface area (Å²) in [7, 11) is -3.33. The molecule has 0 saturated carbocycles. The van der Waals surface area contributed by atoms with Crippen molar-refractivity contribution in [3.8, 4) is 0 Å². The SMILES string of the molecule is CS(=O)(=O)Nc1ccc(C(=O)NCc2ccccc2Cl)cc1. The predicted molar refractivity (Wildman–Crippen MR) is 87.5 cm³/mol. The topological polar surface area (TPSA) is 75.3 Å². The summed E-state index contributed by atoms with van der Waals surface area (Å²) >= 11 is 6.02. The molecule has 0 aliphatic rings. The molecule has 0 aliphatic heterocycles. The van der Waals surface area contributed by atoms with Crippen molar-refractivity contribution < 1.29 is 13.2 Å². The first kappa shape index (κ1) is 16.3. The lowest BCUT2D eigenvalue weighted by atomic mass is 10.2. The van der Waals surface area contributed by atoms with Crippen LogP contribution in [0.4, 0.5) is 5.69 Å². The maximum Gasteiger partial charge on any atom is 0.251 e. The fourth-order valence-corrected chi connectivity index (χ4v) is 2.59. The van der Waals surface area contributed by atoms with Crippen LogP contribution in [0.5, 0.6) is 0 Å². The lowest BCUT2D eigenvalue weighted by molar-refractivity contribution is 0.0951. The summed E-state index contributed by atoms with van der Waals surface area (Å²) in [5.74, 6) is -0.258. The molecule has 0 unspecified atom stereocenters. The Hall–Kier alpha value is -2.05. The van der Waals surface area contributed by atoms with Gasteiger partial charge in [0.25, 0.3) is 5.91 Å². The Labute approximate surface area is 134 Å². The molecule has 0 spiro atoms. The molecule has 1 amide bonds. The van der Waals surface area contributed by atoms with Crippen molar-refractivity contribution in [1.29, 1.82) is 0 Å². The molecule has 2 rings (SSSR count). The summed E-state index contributed by atoms with van der Waals surface area (Å²) in [4.78, 5) is 12.0. The highest BCUT2D eigenvalue weighted by Gasteiger charge is 2.07. The van der Waals surface area contributed by atoms with Crippen molar-refractivity contribution in [3.63, 3.8) is 0 Å². The van der Waals surface area contributed by atoms with Crippen LogP contribution < -0.4 is 10.0 Å². The average Bonchev–Trinajstić information content (AvgIpc) is 2.45. The van der Waals surface area contributed by atoms with Gasteiger partial charge in [0.15, 0.2) is 0 Å². The first-order valence-corrected chi connectivity index (χ1v) is 8.71. The lowest BCUT2D eigenvalue weighted by Crippen LogP contribution is -2.22. The van der Waals surface area contributed by atoms with E-state index in [1.54, 1.807) is 18.2 Å². The second-order valence-electron chi connectivity index (χ2n) is 4.73. The summed E-state index contributed by atoms with van der Waals surface area (Å²) in [6.07, 6.45) is 1.07. The van der Waals surface area contributed by atoms with Crippen molar-refractivity contribution in [2.45, 2.75) is 6.54 Å². The largest absolute Gasteiger partial charge is 0.348 e. The van der Waals surface area contributed by atoms with Crippen molar-refractivity contribution >= 4 is 33.2 Å².